The summed E-state index contributed by atoms with van der Waals surface area (Å²) in [5.41, 5.74) is 3.66. The van der Waals surface area contributed by atoms with Gasteiger partial charge >= 0.3 is 0 Å². The fraction of sp³-hybridized carbons (Fsp3) is 0.0909. The number of methoxy groups -OCH3 is 1. The van der Waals surface area contributed by atoms with Gasteiger partial charge < -0.3 is 10.1 Å². The van der Waals surface area contributed by atoms with Crippen molar-refractivity contribution in [1.82, 2.24) is 4.98 Å². The number of amides is 1. The van der Waals surface area contributed by atoms with E-state index in [9.17, 15) is 4.79 Å². The lowest BCUT2D eigenvalue weighted by Crippen LogP contribution is -2.14. The van der Waals surface area contributed by atoms with E-state index in [2.05, 4.69) is 16.4 Å². The average Bonchev–Trinajstić information content (AvgIpc) is 3.12. The molecule has 0 spiro atoms. The van der Waals surface area contributed by atoms with E-state index in [1.54, 1.807) is 18.4 Å². The average molecular weight is 374 g/mol. The van der Waals surface area contributed by atoms with Crippen LogP contribution in [0.1, 0.15) is 5.56 Å². The van der Waals surface area contributed by atoms with Crippen LogP contribution in [0.3, 0.4) is 0 Å². The van der Waals surface area contributed by atoms with Crippen LogP contribution in [0.15, 0.2) is 72.8 Å². The van der Waals surface area contributed by atoms with Gasteiger partial charge in [-0.25, -0.2) is 4.98 Å². The highest BCUT2D eigenvalue weighted by Gasteiger charge is 2.09. The van der Waals surface area contributed by atoms with Crippen molar-refractivity contribution >= 4 is 33.1 Å². The van der Waals surface area contributed by atoms with E-state index in [0.717, 1.165) is 37.8 Å². The predicted octanol–water partition coefficient (Wildman–Crippen LogP) is 5.15. The Kier molecular flexibility index (Phi) is 4.85. The lowest BCUT2D eigenvalue weighted by atomic mass is 10.1. The number of para-hydroxylation sites is 1. The van der Waals surface area contributed by atoms with Crippen LogP contribution < -0.4 is 10.1 Å². The van der Waals surface area contributed by atoms with Gasteiger partial charge in [0.15, 0.2) is 0 Å². The topological polar surface area (TPSA) is 51.2 Å². The molecule has 1 heterocycles. The summed E-state index contributed by atoms with van der Waals surface area (Å²) in [7, 11) is 1.62. The summed E-state index contributed by atoms with van der Waals surface area (Å²) in [6.07, 6.45) is 0.294. The first-order valence-corrected chi connectivity index (χ1v) is 9.42. The summed E-state index contributed by atoms with van der Waals surface area (Å²) < 4.78 is 6.36. The zero-order valence-electron chi connectivity index (χ0n) is 14.8. The highest BCUT2D eigenvalue weighted by atomic mass is 32.1. The first-order valence-electron chi connectivity index (χ1n) is 8.60. The molecule has 0 bridgehead atoms. The fourth-order valence-corrected chi connectivity index (χ4v) is 3.86. The highest BCUT2D eigenvalue weighted by molar-refractivity contribution is 7.21. The summed E-state index contributed by atoms with van der Waals surface area (Å²) in [6.45, 7) is 0. The van der Waals surface area contributed by atoms with Gasteiger partial charge in [0.2, 0.25) is 5.91 Å². The molecular formula is C22H18N2O2S. The molecule has 0 atom stereocenters. The Hall–Kier alpha value is -3.18. The van der Waals surface area contributed by atoms with E-state index in [0.29, 0.717) is 6.42 Å². The molecule has 0 radical (unpaired) electrons. The number of thiazole rings is 1. The first kappa shape index (κ1) is 17.2. The molecule has 0 fully saturated rings. The number of carbonyl (C=O) groups is 1. The molecule has 27 heavy (non-hydrogen) atoms. The van der Waals surface area contributed by atoms with E-state index in [1.807, 2.05) is 66.7 Å². The van der Waals surface area contributed by atoms with Gasteiger partial charge in [-0.3, -0.25) is 4.79 Å². The molecule has 4 nitrogen and oxygen atoms in total. The maximum Gasteiger partial charge on any atom is 0.228 e. The summed E-state index contributed by atoms with van der Waals surface area (Å²) in [5, 5.41) is 3.91. The number of benzene rings is 3. The number of hydrogen-bond acceptors (Lipinski definition) is 4. The lowest BCUT2D eigenvalue weighted by molar-refractivity contribution is -0.115. The molecule has 3 aromatic carbocycles. The summed E-state index contributed by atoms with van der Waals surface area (Å²) in [4.78, 5) is 17.1. The van der Waals surface area contributed by atoms with Crippen LogP contribution in [0.25, 0.3) is 20.8 Å². The second-order valence-electron chi connectivity index (χ2n) is 6.14. The Morgan fingerprint density at radius 1 is 1.04 bits per heavy atom. The zero-order chi connectivity index (χ0) is 18.6. The molecule has 1 N–H and O–H groups in total. The number of nitrogens with zero attached hydrogens (tertiary/aromatic N) is 1. The molecule has 0 saturated carbocycles. The van der Waals surface area contributed by atoms with E-state index < -0.39 is 0 Å². The van der Waals surface area contributed by atoms with Crippen LogP contribution in [0, 0.1) is 0 Å². The number of fused-ring (bicyclic) bond motifs is 1. The van der Waals surface area contributed by atoms with E-state index in [-0.39, 0.29) is 5.91 Å². The van der Waals surface area contributed by atoms with E-state index >= 15 is 0 Å². The molecule has 0 aliphatic carbocycles. The maximum absolute atomic E-state index is 12.4. The Labute approximate surface area is 161 Å². The molecule has 1 aromatic heterocycles. The molecule has 0 aliphatic heterocycles. The third-order valence-electron chi connectivity index (χ3n) is 4.19. The molecule has 1 amide bonds. The van der Waals surface area contributed by atoms with Gasteiger partial charge in [0.25, 0.3) is 0 Å². The van der Waals surface area contributed by atoms with Crippen molar-refractivity contribution in [3.8, 4) is 16.3 Å². The first-order chi connectivity index (χ1) is 13.2. The summed E-state index contributed by atoms with van der Waals surface area (Å²) >= 11 is 1.65. The molecule has 0 unspecified atom stereocenters. The number of carbonyl (C=O) groups excluding carboxylic acids is 1. The number of aromatic nitrogens is 1. The van der Waals surface area contributed by atoms with Gasteiger partial charge in [0.05, 0.1) is 23.7 Å². The minimum atomic E-state index is -0.0651. The monoisotopic (exact) mass is 374 g/mol. The van der Waals surface area contributed by atoms with Gasteiger partial charge in [-0.05, 0) is 42.0 Å². The van der Waals surface area contributed by atoms with Crippen molar-refractivity contribution in [2.24, 2.45) is 0 Å². The Balaban J connectivity index is 1.51. The summed E-state index contributed by atoms with van der Waals surface area (Å²) in [6, 6.07) is 23.4. The summed E-state index contributed by atoms with van der Waals surface area (Å²) in [5.74, 6) is 0.683. The predicted molar refractivity (Wildman–Crippen MR) is 110 cm³/mol. The largest absolute Gasteiger partial charge is 0.497 e. The Bertz CT molecular complexity index is 1070. The number of rotatable bonds is 5. The van der Waals surface area contributed by atoms with E-state index in [4.69, 9.17) is 4.74 Å². The van der Waals surface area contributed by atoms with Crippen molar-refractivity contribution < 1.29 is 9.53 Å². The normalized spacial score (nSPS) is 10.7. The lowest BCUT2D eigenvalue weighted by Gasteiger charge is -2.07. The SMILES string of the molecule is COc1cccc(CC(=O)Nc2cccc(-c3nc4ccccc4s3)c2)c1. The van der Waals surface area contributed by atoms with Gasteiger partial charge in [-0.1, -0.05) is 36.4 Å². The molecule has 0 saturated heterocycles. The molecule has 134 valence electrons. The van der Waals surface area contributed by atoms with Gasteiger partial charge in [0, 0.05) is 11.3 Å². The smallest absolute Gasteiger partial charge is 0.228 e. The van der Waals surface area contributed by atoms with Crippen molar-refractivity contribution in [3.63, 3.8) is 0 Å². The van der Waals surface area contributed by atoms with Crippen molar-refractivity contribution in [2.45, 2.75) is 6.42 Å². The molecule has 4 aromatic rings. The second kappa shape index (κ2) is 7.60. The van der Waals surface area contributed by atoms with Crippen LogP contribution in [0.5, 0.6) is 5.75 Å². The van der Waals surface area contributed by atoms with Crippen LogP contribution in [0.2, 0.25) is 0 Å². The minimum Gasteiger partial charge on any atom is -0.497 e. The van der Waals surface area contributed by atoms with Crippen LogP contribution >= 0.6 is 11.3 Å². The number of nitrogens with one attached hydrogen (secondary N) is 1. The zero-order valence-corrected chi connectivity index (χ0v) is 15.6. The standard InChI is InChI=1S/C22H18N2O2S/c1-26-18-9-4-6-15(12-18)13-21(25)23-17-8-5-7-16(14-17)22-24-19-10-2-3-11-20(19)27-22/h2-12,14H,13H2,1H3,(H,23,25). The van der Waals surface area contributed by atoms with Crippen LogP contribution in [0.4, 0.5) is 5.69 Å². The third-order valence-corrected chi connectivity index (χ3v) is 5.27. The molecular weight excluding hydrogens is 356 g/mol. The van der Waals surface area contributed by atoms with Crippen molar-refractivity contribution in [1.29, 1.82) is 0 Å². The van der Waals surface area contributed by atoms with Gasteiger partial charge in [-0.2, -0.15) is 0 Å². The van der Waals surface area contributed by atoms with Crippen LogP contribution in [-0.4, -0.2) is 18.0 Å². The molecule has 5 heteroatoms. The Morgan fingerprint density at radius 2 is 1.89 bits per heavy atom. The van der Waals surface area contributed by atoms with Crippen molar-refractivity contribution in [2.75, 3.05) is 12.4 Å². The quantitative estimate of drug-likeness (QED) is 0.525. The van der Waals surface area contributed by atoms with E-state index in [1.165, 1.54) is 0 Å². The maximum atomic E-state index is 12.4. The van der Waals surface area contributed by atoms with Crippen molar-refractivity contribution in [3.05, 3.63) is 78.4 Å². The molecule has 4 rings (SSSR count). The fourth-order valence-electron chi connectivity index (χ4n) is 2.90. The highest BCUT2D eigenvalue weighted by Crippen LogP contribution is 2.31. The number of hydrogen-bond donors (Lipinski definition) is 1. The molecule has 0 aliphatic rings. The minimum absolute atomic E-state index is 0.0651. The number of ether oxygens (including phenoxy) is 1. The Morgan fingerprint density at radius 3 is 2.74 bits per heavy atom. The third kappa shape index (κ3) is 3.99. The van der Waals surface area contributed by atoms with Crippen LogP contribution in [-0.2, 0) is 11.2 Å². The van der Waals surface area contributed by atoms with Gasteiger partial charge in [0.1, 0.15) is 10.8 Å². The number of anilines is 1. The van der Waals surface area contributed by atoms with Gasteiger partial charge in [-0.15, -0.1) is 11.3 Å². The second-order valence-corrected chi connectivity index (χ2v) is 7.17.